The number of hydrogen-bond donors (Lipinski definition) is 1. The second-order valence-corrected chi connectivity index (χ2v) is 2.42. The second kappa shape index (κ2) is 3.11. The Morgan fingerprint density at radius 2 is 2.45 bits per heavy atom. The van der Waals surface area contributed by atoms with E-state index < -0.39 is 0 Å². The van der Waals surface area contributed by atoms with Gasteiger partial charge in [0.15, 0.2) is 0 Å². The van der Waals surface area contributed by atoms with Crippen molar-refractivity contribution >= 4 is 18.3 Å². The Morgan fingerprint density at radius 3 is 3.27 bits per heavy atom. The number of amides is 1. The molecule has 1 amide bonds. The van der Waals surface area contributed by atoms with E-state index in [-0.39, 0.29) is 24.4 Å². The average Bonchev–Trinajstić information content (AvgIpc) is 2.33. The molecule has 1 unspecified atom stereocenters. The van der Waals surface area contributed by atoms with Gasteiger partial charge in [0, 0.05) is 19.2 Å². The van der Waals surface area contributed by atoms with Crippen molar-refractivity contribution in [3.8, 4) is 0 Å². The summed E-state index contributed by atoms with van der Waals surface area (Å²) >= 11 is 0. The van der Waals surface area contributed by atoms with Gasteiger partial charge in [0.2, 0.25) is 0 Å². The SMILES string of the molecule is Cl.O=C1C=C2CNCC2N=N1. The first-order valence-electron chi connectivity index (χ1n) is 3.22. The molecule has 0 aromatic carbocycles. The Labute approximate surface area is 70.2 Å². The molecular formula is C6H8ClN3O. The van der Waals surface area contributed by atoms with Gasteiger partial charge in [0.05, 0.1) is 0 Å². The van der Waals surface area contributed by atoms with Crippen molar-refractivity contribution in [2.75, 3.05) is 13.1 Å². The summed E-state index contributed by atoms with van der Waals surface area (Å²) in [6, 6.07) is 0.137. The molecule has 1 N–H and O–H groups in total. The first-order chi connectivity index (χ1) is 4.86. The van der Waals surface area contributed by atoms with Crippen LogP contribution >= 0.6 is 12.4 Å². The lowest BCUT2D eigenvalue weighted by molar-refractivity contribution is -0.114. The fourth-order valence-electron chi connectivity index (χ4n) is 1.18. The van der Waals surface area contributed by atoms with Crippen molar-refractivity contribution in [2.45, 2.75) is 6.04 Å². The number of halogens is 1. The van der Waals surface area contributed by atoms with Crippen LogP contribution in [0.3, 0.4) is 0 Å². The number of nitrogens with zero attached hydrogens (tertiary/aromatic N) is 2. The number of carbonyl (C=O) groups is 1. The van der Waals surface area contributed by atoms with Crippen LogP contribution < -0.4 is 5.32 Å². The zero-order valence-electron chi connectivity index (χ0n) is 5.78. The van der Waals surface area contributed by atoms with Crippen LogP contribution in [0.1, 0.15) is 0 Å². The van der Waals surface area contributed by atoms with Crippen LogP contribution in [0.4, 0.5) is 0 Å². The van der Waals surface area contributed by atoms with Gasteiger partial charge >= 0.3 is 0 Å². The number of azo groups is 1. The molecule has 2 rings (SSSR count). The molecule has 0 aliphatic carbocycles. The molecule has 2 aliphatic heterocycles. The van der Waals surface area contributed by atoms with Crippen molar-refractivity contribution in [1.29, 1.82) is 0 Å². The first kappa shape index (κ1) is 8.36. The number of fused-ring (bicyclic) bond motifs is 1. The van der Waals surface area contributed by atoms with Crippen molar-refractivity contribution in [3.05, 3.63) is 11.6 Å². The van der Waals surface area contributed by atoms with E-state index in [0.717, 1.165) is 18.7 Å². The van der Waals surface area contributed by atoms with Gasteiger partial charge in [-0.1, -0.05) is 0 Å². The summed E-state index contributed by atoms with van der Waals surface area (Å²) in [6.45, 7) is 1.61. The van der Waals surface area contributed by atoms with Gasteiger partial charge in [-0.15, -0.1) is 17.5 Å². The van der Waals surface area contributed by atoms with Crippen LogP contribution in [0, 0.1) is 0 Å². The fraction of sp³-hybridized carbons (Fsp3) is 0.500. The van der Waals surface area contributed by atoms with E-state index in [1.165, 1.54) is 0 Å². The maximum Gasteiger partial charge on any atom is 0.287 e. The van der Waals surface area contributed by atoms with Crippen molar-refractivity contribution in [1.82, 2.24) is 5.32 Å². The quantitative estimate of drug-likeness (QED) is 0.573. The summed E-state index contributed by atoms with van der Waals surface area (Å²) in [6.07, 6.45) is 1.57. The van der Waals surface area contributed by atoms with Crippen LogP contribution in [0.15, 0.2) is 21.9 Å². The van der Waals surface area contributed by atoms with Crippen LogP contribution in [0.25, 0.3) is 0 Å². The smallest absolute Gasteiger partial charge is 0.287 e. The van der Waals surface area contributed by atoms with Gasteiger partial charge in [-0.25, -0.2) is 0 Å². The van der Waals surface area contributed by atoms with E-state index in [9.17, 15) is 4.79 Å². The number of carbonyl (C=O) groups excluding carboxylic acids is 1. The largest absolute Gasteiger partial charge is 0.310 e. The second-order valence-electron chi connectivity index (χ2n) is 2.42. The highest BCUT2D eigenvalue weighted by molar-refractivity contribution is 5.89. The topological polar surface area (TPSA) is 53.8 Å². The van der Waals surface area contributed by atoms with Gasteiger partial charge in [0.25, 0.3) is 5.91 Å². The minimum Gasteiger partial charge on any atom is -0.310 e. The summed E-state index contributed by atoms with van der Waals surface area (Å²) in [5.41, 5.74) is 1.07. The third kappa shape index (κ3) is 1.46. The molecule has 11 heavy (non-hydrogen) atoms. The van der Waals surface area contributed by atoms with Gasteiger partial charge < -0.3 is 5.32 Å². The first-order valence-corrected chi connectivity index (χ1v) is 3.22. The maximum absolute atomic E-state index is 10.6. The van der Waals surface area contributed by atoms with Gasteiger partial charge in [-0.3, -0.25) is 4.79 Å². The summed E-state index contributed by atoms with van der Waals surface area (Å²) < 4.78 is 0. The summed E-state index contributed by atoms with van der Waals surface area (Å²) in [5, 5.41) is 10.4. The fourth-order valence-corrected chi connectivity index (χ4v) is 1.18. The van der Waals surface area contributed by atoms with Gasteiger partial charge in [0.1, 0.15) is 6.04 Å². The van der Waals surface area contributed by atoms with E-state index in [0.29, 0.717) is 0 Å². The molecule has 5 heteroatoms. The molecule has 60 valence electrons. The highest BCUT2D eigenvalue weighted by atomic mass is 35.5. The van der Waals surface area contributed by atoms with E-state index in [2.05, 4.69) is 15.5 Å². The van der Waals surface area contributed by atoms with Crippen LogP contribution in [0.5, 0.6) is 0 Å². The Kier molecular flexibility index (Phi) is 2.36. The van der Waals surface area contributed by atoms with E-state index in [1.54, 1.807) is 6.08 Å². The number of rotatable bonds is 0. The van der Waals surface area contributed by atoms with E-state index >= 15 is 0 Å². The van der Waals surface area contributed by atoms with E-state index in [4.69, 9.17) is 0 Å². The number of nitrogens with one attached hydrogen (secondary N) is 1. The van der Waals surface area contributed by atoms with Crippen molar-refractivity contribution in [3.63, 3.8) is 0 Å². The Bertz CT molecular complexity index is 236. The molecule has 2 heterocycles. The molecule has 4 nitrogen and oxygen atoms in total. The molecule has 2 aliphatic rings. The van der Waals surface area contributed by atoms with Crippen molar-refractivity contribution < 1.29 is 4.79 Å². The van der Waals surface area contributed by atoms with E-state index in [1.807, 2.05) is 0 Å². The summed E-state index contributed by atoms with van der Waals surface area (Å²) in [5.74, 6) is -0.227. The lowest BCUT2D eigenvalue weighted by atomic mass is 10.1. The van der Waals surface area contributed by atoms with Crippen molar-refractivity contribution in [2.24, 2.45) is 10.2 Å². The highest BCUT2D eigenvalue weighted by Crippen LogP contribution is 2.15. The zero-order chi connectivity index (χ0) is 6.97. The third-order valence-corrected chi connectivity index (χ3v) is 1.70. The molecular weight excluding hydrogens is 166 g/mol. The van der Waals surface area contributed by atoms with Gasteiger partial charge in [-0.2, -0.15) is 5.11 Å². The summed E-state index contributed by atoms with van der Waals surface area (Å²) in [4.78, 5) is 10.6. The van der Waals surface area contributed by atoms with Crippen LogP contribution in [-0.2, 0) is 4.79 Å². The van der Waals surface area contributed by atoms with Crippen LogP contribution in [0.2, 0.25) is 0 Å². The Balaban J connectivity index is 0.000000605. The highest BCUT2D eigenvalue weighted by Gasteiger charge is 2.23. The lowest BCUT2D eigenvalue weighted by Crippen LogP contribution is -2.13. The maximum atomic E-state index is 10.6. The molecule has 0 bridgehead atoms. The molecule has 0 radical (unpaired) electrons. The number of hydrogen-bond acceptors (Lipinski definition) is 3. The third-order valence-electron chi connectivity index (χ3n) is 1.70. The molecule has 1 atom stereocenters. The zero-order valence-corrected chi connectivity index (χ0v) is 6.60. The molecule has 0 aromatic heterocycles. The predicted molar refractivity (Wildman–Crippen MR) is 41.9 cm³/mol. The monoisotopic (exact) mass is 173 g/mol. The minimum atomic E-state index is -0.227. The Morgan fingerprint density at radius 1 is 1.64 bits per heavy atom. The molecule has 1 saturated heterocycles. The molecule has 0 aromatic rings. The molecule has 0 saturated carbocycles. The predicted octanol–water partition coefficient (Wildman–Crippen LogP) is 0.299. The standard InChI is InChI=1S/C6H7N3O.ClH/c10-6-1-4-2-7-3-5(4)8-9-6;/h1,5,7H,2-3H2;1H. The minimum absolute atomic E-state index is 0. The average molecular weight is 174 g/mol. The van der Waals surface area contributed by atoms with Gasteiger partial charge in [-0.05, 0) is 5.57 Å². The molecule has 1 fully saturated rings. The lowest BCUT2D eigenvalue weighted by Gasteiger charge is -2.05. The summed E-state index contributed by atoms with van der Waals surface area (Å²) in [7, 11) is 0. The normalized spacial score (nSPS) is 27.5. The Hall–Kier alpha value is -0.740. The van der Waals surface area contributed by atoms with Crippen LogP contribution in [-0.4, -0.2) is 25.0 Å². The molecule has 0 spiro atoms.